The highest BCUT2D eigenvalue weighted by Gasteiger charge is 2.38. The van der Waals surface area contributed by atoms with E-state index in [1.165, 1.54) is 12.1 Å². The normalized spacial score (nSPS) is 11.9. The molecule has 19 heavy (non-hydrogen) atoms. The number of aromatic nitrogens is 2. The summed E-state index contributed by atoms with van der Waals surface area (Å²) >= 11 is 11.3. The smallest absolute Gasteiger partial charge is 0.221 e. The molecule has 0 saturated heterocycles. The largest absolute Gasteiger partial charge is 0.435 e. The minimum absolute atomic E-state index is 0.0897. The molecule has 0 radical (unpaired) electrons. The van der Waals surface area contributed by atoms with Crippen molar-refractivity contribution in [2.45, 2.75) is 12.1 Å². The van der Waals surface area contributed by atoms with Crippen molar-refractivity contribution in [1.82, 2.24) is 9.78 Å². The van der Waals surface area contributed by atoms with Crippen LogP contribution in [0.5, 0.6) is 0 Å². The maximum Gasteiger partial charge on any atom is 0.435 e. The van der Waals surface area contributed by atoms with Gasteiger partial charge in [0.2, 0.25) is 0 Å². The molecule has 1 aromatic carbocycles. The lowest BCUT2D eigenvalue weighted by Gasteiger charge is -2.03. The number of halogens is 6. The molecule has 0 aliphatic heterocycles. The maximum absolute atomic E-state index is 13.1. The molecule has 1 aromatic heterocycles. The van der Waals surface area contributed by atoms with Crippen LogP contribution in [0.3, 0.4) is 0 Å². The Morgan fingerprint density at radius 3 is 2.42 bits per heavy atom. The first kappa shape index (κ1) is 14.1. The van der Waals surface area contributed by atoms with E-state index in [1.807, 2.05) is 0 Å². The lowest BCUT2D eigenvalue weighted by Crippen LogP contribution is -2.09. The van der Waals surface area contributed by atoms with Crippen molar-refractivity contribution in [1.29, 1.82) is 0 Å². The highest BCUT2D eigenvalue weighted by atomic mass is 35.5. The number of benzene rings is 1. The molecule has 0 bridgehead atoms. The van der Waals surface area contributed by atoms with Crippen molar-refractivity contribution in [2.24, 2.45) is 0 Å². The van der Waals surface area contributed by atoms with Crippen molar-refractivity contribution >= 4 is 23.2 Å². The third-order valence-electron chi connectivity index (χ3n) is 2.38. The summed E-state index contributed by atoms with van der Waals surface area (Å²) in [6.45, 7) is 0. The number of nitrogens with zero attached hydrogens (tertiary/aromatic N) is 2. The molecule has 8 heteroatoms. The highest BCUT2D eigenvalue weighted by molar-refractivity contribution is 6.31. The number of hydrogen-bond donors (Lipinski definition) is 0. The zero-order chi connectivity index (χ0) is 14.2. The molecule has 0 aliphatic rings. The standard InChI is InChI=1S/C11H6Cl2F4N2/c12-5-8-9(11(15,16)17)18-19(10(8)13)7-3-1-2-6(14)4-7/h1-4H,5H2. The minimum atomic E-state index is -4.67. The van der Waals surface area contributed by atoms with Gasteiger partial charge < -0.3 is 0 Å². The van der Waals surface area contributed by atoms with E-state index in [0.717, 1.165) is 16.8 Å². The lowest BCUT2D eigenvalue weighted by molar-refractivity contribution is -0.141. The predicted octanol–water partition coefficient (Wildman–Crippen LogP) is 4.42. The summed E-state index contributed by atoms with van der Waals surface area (Å²) in [5.41, 5.74) is -1.41. The molecule has 1 heterocycles. The molecule has 2 aromatic rings. The van der Waals surface area contributed by atoms with Crippen LogP contribution in [0.25, 0.3) is 5.69 Å². The molecule has 0 N–H and O–H groups in total. The molecule has 0 saturated carbocycles. The first-order chi connectivity index (χ1) is 8.84. The zero-order valence-corrected chi connectivity index (χ0v) is 10.7. The van der Waals surface area contributed by atoms with Gasteiger partial charge in [-0.15, -0.1) is 11.6 Å². The van der Waals surface area contributed by atoms with Gasteiger partial charge in [-0.2, -0.15) is 18.3 Å². The molecule has 2 rings (SSSR count). The second-order valence-corrected chi connectivity index (χ2v) is 4.27. The highest BCUT2D eigenvalue weighted by Crippen LogP contribution is 2.36. The van der Waals surface area contributed by atoms with Crippen molar-refractivity contribution in [3.63, 3.8) is 0 Å². The predicted molar refractivity (Wildman–Crippen MR) is 63.1 cm³/mol. The first-order valence-corrected chi connectivity index (χ1v) is 5.92. The van der Waals surface area contributed by atoms with Crippen LogP contribution >= 0.6 is 23.2 Å². The van der Waals surface area contributed by atoms with Crippen molar-refractivity contribution in [3.8, 4) is 5.69 Å². The topological polar surface area (TPSA) is 17.8 Å². The molecule has 0 spiro atoms. The van der Waals surface area contributed by atoms with Gasteiger partial charge in [0, 0.05) is 5.56 Å². The molecule has 0 amide bonds. The first-order valence-electron chi connectivity index (χ1n) is 5.01. The summed E-state index contributed by atoms with van der Waals surface area (Å²) in [6, 6.07) is 4.92. The maximum atomic E-state index is 13.1. The molecular formula is C11H6Cl2F4N2. The summed E-state index contributed by atoms with van der Waals surface area (Å²) in [6.07, 6.45) is -4.67. The van der Waals surface area contributed by atoms with E-state index in [4.69, 9.17) is 23.2 Å². The fourth-order valence-corrected chi connectivity index (χ4v) is 2.17. The van der Waals surface area contributed by atoms with Crippen LogP contribution in [-0.2, 0) is 12.1 Å². The van der Waals surface area contributed by atoms with E-state index in [2.05, 4.69) is 5.10 Å². The molecule has 0 aliphatic carbocycles. The molecular weight excluding hydrogens is 307 g/mol. The van der Waals surface area contributed by atoms with Gasteiger partial charge in [-0.05, 0) is 18.2 Å². The molecule has 0 fully saturated rings. The Balaban J connectivity index is 2.63. The number of rotatable bonds is 2. The molecule has 0 atom stereocenters. The average Bonchev–Trinajstić information content (AvgIpc) is 2.66. The third-order valence-corrected chi connectivity index (χ3v) is 3.03. The Hall–Kier alpha value is -1.27. The van der Waals surface area contributed by atoms with E-state index < -0.39 is 23.6 Å². The second kappa shape index (κ2) is 5.02. The molecule has 102 valence electrons. The van der Waals surface area contributed by atoms with E-state index >= 15 is 0 Å². The van der Waals surface area contributed by atoms with Gasteiger partial charge in [0.05, 0.1) is 11.6 Å². The van der Waals surface area contributed by atoms with Gasteiger partial charge in [-0.3, -0.25) is 0 Å². The number of alkyl halides is 4. The fourth-order valence-electron chi connectivity index (χ4n) is 1.55. The Labute approximate surface area is 115 Å². The van der Waals surface area contributed by atoms with E-state index in [-0.39, 0.29) is 16.4 Å². The Bertz CT molecular complexity index is 607. The summed E-state index contributed by atoms with van der Waals surface area (Å²) in [7, 11) is 0. The van der Waals surface area contributed by atoms with Gasteiger partial charge in [-0.1, -0.05) is 17.7 Å². The second-order valence-electron chi connectivity index (χ2n) is 3.64. The van der Waals surface area contributed by atoms with Crippen LogP contribution in [0.4, 0.5) is 17.6 Å². The molecule has 0 unspecified atom stereocenters. The van der Waals surface area contributed by atoms with E-state index in [0.29, 0.717) is 0 Å². The third kappa shape index (κ3) is 2.69. The van der Waals surface area contributed by atoms with Crippen LogP contribution in [0, 0.1) is 5.82 Å². The van der Waals surface area contributed by atoms with Crippen LogP contribution in [0.15, 0.2) is 24.3 Å². The van der Waals surface area contributed by atoms with Gasteiger partial charge in [0.1, 0.15) is 11.0 Å². The summed E-state index contributed by atoms with van der Waals surface area (Å²) in [4.78, 5) is 0. The van der Waals surface area contributed by atoms with Crippen LogP contribution in [0.2, 0.25) is 5.15 Å². The van der Waals surface area contributed by atoms with Crippen LogP contribution in [-0.4, -0.2) is 9.78 Å². The lowest BCUT2D eigenvalue weighted by atomic mass is 10.2. The summed E-state index contributed by atoms with van der Waals surface area (Å²) in [5, 5.41) is 3.09. The van der Waals surface area contributed by atoms with Crippen molar-refractivity contribution < 1.29 is 17.6 Å². The number of hydrogen-bond acceptors (Lipinski definition) is 1. The SMILES string of the molecule is Fc1cccc(-n2nc(C(F)(F)F)c(CCl)c2Cl)c1. The fraction of sp³-hybridized carbons (Fsp3) is 0.182. The summed E-state index contributed by atoms with van der Waals surface area (Å²) < 4.78 is 52.2. The van der Waals surface area contributed by atoms with Crippen molar-refractivity contribution in [2.75, 3.05) is 0 Å². The Kier molecular flexibility index (Phi) is 3.73. The van der Waals surface area contributed by atoms with Crippen LogP contribution in [0.1, 0.15) is 11.3 Å². The van der Waals surface area contributed by atoms with Crippen molar-refractivity contribution in [3.05, 3.63) is 46.5 Å². The van der Waals surface area contributed by atoms with Gasteiger partial charge in [-0.25, -0.2) is 9.07 Å². The monoisotopic (exact) mass is 312 g/mol. The van der Waals surface area contributed by atoms with Gasteiger partial charge >= 0.3 is 6.18 Å². The molecule has 2 nitrogen and oxygen atoms in total. The van der Waals surface area contributed by atoms with E-state index in [1.54, 1.807) is 0 Å². The average molecular weight is 313 g/mol. The van der Waals surface area contributed by atoms with Crippen LogP contribution < -0.4 is 0 Å². The van der Waals surface area contributed by atoms with Gasteiger partial charge in [0.25, 0.3) is 0 Å². The van der Waals surface area contributed by atoms with Gasteiger partial charge in [0.15, 0.2) is 5.69 Å². The minimum Gasteiger partial charge on any atom is -0.221 e. The van der Waals surface area contributed by atoms with E-state index in [9.17, 15) is 17.6 Å². The summed E-state index contributed by atoms with van der Waals surface area (Å²) in [5.74, 6) is -1.05. The Morgan fingerprint density at radius 2 is 1.95 bits per heavy atom. The zero-order valence-electron chi connectivity index (χ0n) is 9.18. The Morgan fingerprint density at radius 1 is 1.26 bits per heavy atom. The quantitative estimate of drug-likeness (QED) is 0.593.